The molecule has 2 aliphatic heterocycles. The number of esters is 1. The van der Waals surface area contributed by atoms with E-state index < -0.39 is 5.60 Å². The molecule has 0 N–H and O–H groups in total. The standard InChI is InChI=1S/C42H42N2O3/c1-3-5-26-43(27-6-4-2)38-22-14-10-18-32(38)30-44(29-31-16-8-7-9-17-31)33-24-25-40-37(28-33)42(36-21-13-15-23-39(36)46-40)35-20-12-11-19-34(35)41(45)47-42/h7-25,28H,3-6,26-27,29-30H2,1-2H3. The minimum Gasteiger partial charge on any atom is -0.456 e. The molecule has 47 heavy (non-hydrogen) atoms. The van der Waals surface area contributed by atoms with Crippen molar-refractivity contribution < 1.29 is 14.3 Å². The lowest BCUT2D eigenvalue weighted by atomic mass is 9.77. The molecule has 0 radical (unpaired) electrons. The van der Waals surface area contributed by atoms with Crippen molar-refractivity contribution >= 4 is 17.3 Å². The molecule has 1 spiro atoms. The van der Waals surface area contributed by atoms with Crippen molar-refractivity contribution in [3.05, 3.63) is 155 Å². The van der Waals surface area contributed by atoms with Gasteiger partial charge in [-0.25, -0.2) is 4.79 Å². The highest BCUT2D eigenvalue weighted by Crippen LogP contribution is 2.56. The molecule has 0 saturated heterocycles. The number of nitrogens with zero attached hydrogens (tertiary/aromatic N) is 2. The summed E-state index contributed by atoms with van der Waals surface area (Å²) in [5.74, 6) is 1.08. The number of carbonyl (C=O) groups excluding carboxylic acids is 1. The van der Waals surface area contributed by atoms with E-state index >= 15 is 0 Å². The molecule has 0 saturated carbocycles. The summed E-state index contributed by atoms with van der Waals surface area (Å²) < 4.78 is 13.0. The zero-order valence-corrected chi connectivity index (χ0v) is 27.3. The third-order valence-electron chi connectivity index (χ3n) is 9.44. The minimum absolute atomic E-state index is 0.317. The molecule has 1 atom stereocenters. The number of carbonyl (C=O) groups is 1. The smallest absolute Gasteiger partial charge is 0.340 e. The van der Waals surface area contributed by atoms with Crippen LogP contribution in [-0.4, -0.2) is 19.1 Å². The summed E-state index contributed by atoms with van der Waals surface area (Å²) in [7, 11) is 0. The monoisotopic (exact) mass is 622 g/mol. The highest BCUT2D eigenvalue weighted by Gasteiger charge is 2.53. The summed E-state index contributed by atoms with van der Waals surface area (Å²) in [6.45, 7) is 8.06. The lowest BCUT2D eigenvalue weighted by molar-refractivity contribution is 0.0224. The van der Waals surface area contributed by atoms with E-state index in [4.69, 9.17) is 9.47 Å². The van der Waals surface area contributed by atoms with E-state index in [1.54, 1.807) is 0 Å². The first-order chi connectivity index (χ1) is 23.1. The highest BCUT2D eigenvalue weighted by atomic mass is 16.6. The number of rotatable bonds is 12. The van der Waals surface area contributed by atoms with E-state index in [0.717, 1.165) is 48.6 Å². The Morgan fingerprint density at radius 2 is 1.28 bits per heavy atom. The van der Waals surface area contributed by atoms with Crippen LogP contribution in [-0.2, 0) is 23.4 Å². The van der Waals surface area contributed by atoms with Crippen LogP contribution in [0.2, 0.25) is 0 Å². The van der Waals surface area contributed by atoms with E-state index in [9.17, 15) is 4.79 Å². The highest BCUT2D eigenvalue weighted by molar-refractivity contribution is 5.97. The SMILES string of the molecule is CCCCN(CCCC)c1ccccc1CN(Cc1ccccc1)c1ccc2c(c1)C1(OC(=O)c3ccccc31)c1ccccc1O2. The molecule has 0 aliphatic carbocycles. The Balaban J connectivity index is 1.34. The van der Waals surface area contributed by atoms with Gasteiger partial charge in [-0.15, -0.1) is 0 Å². The van der Waals surface area contributed by atoms with Gasteiger partial charge in [-0.05, 0) is 60.4 Å². The summed E-state index contributed by atoms with van der Waals surface area (Å²) in [5, 5.41) is 0. The zero-order valence-electron chi connectivity index (χ0n) is 27.3. The van der Waals surface area contributed by atoms with Crippen LogP contribution in [0, 0.1) is 0 Å². The molecule has 7 rings (SSSR count). The van der Waals surface area contributed by atoms with E-state index in [2.05, 4.69) is 90.4 Å². The maximum absolute atomic E-state index is 13.4. The number of hydrogen-bond donors (Lipinski definition) is 0. The third-order valence-corrected chi connectivity index (χ3v) is 9.44. The van der Waals surface area contributed by atoms with E-state index in [1.165, 1.54) is 42.5 Å². The number of hydrogen-bond acceptors (Lipinski definition) is 5. The van der Waals surface area contributed by atoms with Gasteiger partial charge in [-0.1, -0.05) is 112 Å². The van der Waals surface area contributed by atoms with Crippen LogP contribution in [0.4, 0.5) is 11.4 Å². The molecular formula is C42H42N2O3. The second-order valence-corrected chi connectivity index (χ2v) is 12.6. The van der Waals surface area contributed by atoms with E-state index in [-0.39, 0.29) is 5.97 Å². The van der Waals surface area contributed by atoms with Crippen LogP contribution < -0.4 is 14.5 Å². The quantitative estimate of drug-likeness (QED) is 0.130. The number of fused-ring (bicyclic) bond motifs is 6. The predicted molar refractivity (Wildman–Crippen MR) is 189 cm³/mol. The number of unbranched alkanes of at least 4 members (excludes halogenated alkanes) is 2. The molecule has 1 unspecified atom stereocenters. The normalized spacial score (nSPS) is 15.7. The van der Waals surface area contributed by atoms with Crippen molar-refractivity contribution in [2.24, 2.45) is 0 Å². The fourth-order valence-electron chi connectivity index (χ4n) is 7.06. The molecule has 0 fully saturated rings. The first-order valence-corrected chi connectivity index (χ1v) is 17.0. The Hall–Kier alpha value is -5.03. The largest absolute Gasteiger partial charge is 0.456 e. The van der Waals surface area contributed by atoms with Gasteiger partial charge >= 0.3 is 5.97 Å². The summed E-state index contributed by atoms with van der Waals surface area (Å²) >= 11 is 0. The summed E-state index contributed by atoms with van der Waals surface area (Å²) in [6.07, 6.45) is 4.67. The fourth-order valence-corrected chi connectivity index (χ4v) is 7.06. The average molecular weight is 623 g/mol. The average Bonchev–Trinajstić information content (AvgIpc) is 3.41. The maximum atomic E-state index is 13.4. The Morgan fingerprint density at radius 3 is 2.06 bits per heavy atom. The minimum atomic E-state index is -1.10. The molecule has 0 amide bonds. The van der Waals surface area contributed by atoms with Crippen LogP contribution in [0.1, 0.15) is 77.7 Å². The van der Waals surface area contributed by atoms with Gasteiger partial charge in [0.1, 0.15) is 11.5 Å². The van der Waals surface area contributed by atoms with Crippen molar-refractivity contribution in [1.29, 1.82) is 0 Å². The van der Waals surface area contributed by atoms with Crippen LogP contribution in [0.5, 0.6) is 11.5 Å². The number of benzene rings is 5. The zero-order chi connectivity index (χ0) is 32.2. The third kappa shape index (κ3) is 5.76. The summed E-state index contributed by atoms with van der Waals surface area (Å²) in [4.78, 5) is 18.4. The van der Waals surface area contributed by atoms with Crippen molar-refractivity contribution in [1.82, 2.24) is 0 Å². The summed E-state index contributed by atoms with van der Waals surface area (Å²) in [6, 6.07) is 41.5. The number of anilines is 2. The van der Waals surface area contributed by atoms with Gasteiger partial charge in [0, 0.05) is 54.2 Å². The van der Waals surface area contributed by atoms with Crippen LogP contribution >= 0.6 is 0 Å². The molecule has 5 nitrogen and oxygen atoms in total. The van der Waals surface area contributed by atoms with Crippen LogP contribution in [0.3, 0.4) is 0 Å². The molecule has 2 aliphatic rings. The molecule has 5 heteroatoms. The Kier molecular flexibility index (Phi) is 8.71. The lowest BCUT2D eigenvalue weighted by Crippen LogP contribution is -2.33. The first-order valence-electron chi connectivity index (χ1n) is 17.0. The van der Waals surface area contributed by atoms with Gasteiger partial charge in [0.25, 0.3) is 0 Å². The number of ether oxygens (including phenoxy) is 2. The Morgan fingerprint density at radius 1 is 0.617 bits per heavy atom. The van der Waals surface area contributed by atoms with Crippen LogP contribution in [0.15, 0.2) is 121 Å². The Bertz CT molecular complexity index is 1860. The van der Waals surface area contributed by atoms with E-state index in [0.29, 0.717) is 17.1 Å². The Labute approximate surface area is 278 Å². The second-order valence-electron chi connectivity index (χ2n) is 12.6. The molecule has 5 aromatic rings. The maximum Gasteiger partial charge on any atom is 0.340 e. The molecule has 2 heterocycles. The van der Waals surface area contributed by atoms with Crippen LogP contribution in [0.25, 0.3) is 0 Å². The van der Waals surface area contributed by atoms with Gasteiger partial charge in [-0.2, -0.15) is 0 Å². The second kappa shape index (κ2) is 13.4. The molecule has 5 aromatic carbocycles. The molecule has 238 valence electrons. The lowest BCUT2D eigenvalue weighted by Gasteiger charge is -2.37. The molecule has 0 aromatic heterocycles. The van der Waals surface area contributed by atoms with Crippen molar-refractivity contribution in [3.63, 3.8) is 0 Å². The molecule has 0 bridgehead atoms. The van der Waals surface area contributed by atoms with Gasteiger partial charge in [0.15, 0.2) is 5.60 Å². The van der Waals surface area contributed by atoms with Gasteiger partial charge in [0.2, 0.25) is 0 Å². The summed E-state index contributed by atoms with van der Waals surface area (Å²) in [5.41, 5.74) is 6.89. The first kappa shape index (κ1) is 30.6. The van der Waals surface area contributed by atoms with Crippen molar-refractivity contribution in [2.75, 3.05) is 22.9 Å². The van der Waals surface area contributed by atoms with E-state index in [1.807, 2.05) is 54.6 Å². The predicted octanol–water partition coefficient (Wildman–Crippen LogP) is 9.87. The van der Waals surface area contributed by atoms with Gasteiger partial charge in [-0.3, -0.25) is 0 Å². The topological polar surface area (TPSA) is 42.0 Å². The number of para-hydroxylation sites is 2. The van der Waals surface area contributed by atoms with Crippen molar-refractivity contribution in [2.45, 2.75) is 58.2 Å². The van der Waals surface area contributed by atoms with Gasteiger partial charge in [0.05, 0.1) is 5.56 Å². The van der Waals surface area contributed by atoms with Crippen molar-refractivity contribution in [3.8, 4) is 11.5 Å². The van der Waals surface area contributed by atoms with Gasteiger partial charge < -0.3 is 19.3 Å². The molecular weight excluding hydrogens is 580 g/mol. The fraction of sp³-hybridized carbons (Fsp3) is 0.262.